The molecule has 3 aromatic carbocycles. The van der Waals surface area contributed by atoms with Crippen LogP contribution in [-0.2, 0) is 20.7 Å². The van der Waals surface area contributed by atoms with Gasteiger partial charge in [0.2, 0.25) is 11.8 Å². The summed E-state index contributed by atoms with van der Waals surface area (Å²) in [5.41, 5.74) is 6.33. The SMILES string of the molecule is CCc1cccc2cc(O)cc(-c3ncc4c(N5CC6CCC(C5)N6)nc(OC[C@@]56CCCN5[C@H](COC(=O)N5CCN(c7cc([C@H](C(=O)N8CCC[C@H]8C(=O)N[C@@H](C)c8ccc(-c9scnc9C)cc8)C(C)C)on7)C[C@@H]5C)CC6)nc4c3F)c12. The van der Waals surface area contributed by atoms with Gasteiger partial charge in [-0.15, -0.1) is 11.3 Å². The number of pyridine rings is 1. The average Bonchev–Trinajstić information content (AvgIpc) is 1.19. The average molecular weight is 1190 g/mol. The van der Waals surface area contributed by atoms with Crippen LogP contribution in [0.5, 0.6) is 11.8 Å². The summed E-state index contributed by atoms with van der Waals surface area (Å²) in [5.74, 6) is -0.0174. The summed E-state index contributed by atoms with van der Waals surface area (Å²) in [6.45, 7) is 16.6. The second-order valence-corrected chi connectivity index (χ2v) is 26.0. The number of benzene rings is 3. The Morgan fingerprint density at radius 3 is 2.49 bits per heavy atom. The van der Waals surface area contributed by atoms with Crippen molar-refractivity contribution < 1.29 is 37.9 Å². The molecule has 6 fully saturated rings. The molecule has 19 nitrogen and oxygen atoms in total. The van der Waals surface area contributed by atoms with E-state index in [1.165, 1.54) is 0 Å². The van der Waals surface area contributed by atoms with Gasteiger partial charge in [-0.1, -0.05) is 68.4 Å². The number of hydrogen-bond donors (Lipinski definition) is 3. The summed E-state index contributed by atoms with van der Waals surface area (Å²) < 4.78 is 36.2. The lowest BCUT2D eigenvalue weighted by Crippen LogP contribution is -2.55. The topological polar surface area (TPSA) is 208 Å². The molecule has 3 N–H and O–H groups in total. The first kappa shape index (κ1) is 57.6. The number of phenolic OH excluding ortho intramolecular Hbond substituents is 1. The molecule has 8 atom stereocenters. The van der Waals surface area contributed by atoms with Gasteiger partial charge in [-0.05, 0) is 131 Å². The zero-order valence-electron chi connectivity index (χ0n) is 49.9. The molecule has 452 valence electrons. The fourth-order valence-corrected chi connectivity index (χ4v) is 15.6. The minimum atomic E-state index is -0.642. The van der Waals surface area contributed by atoms with Gasteiger partial charge >= 0.3 is 12.1 Å². The van der Waals surface area contributed by atoms with Crippen LogP contribution in [0, 0.1) is 18.7 Å². The highest BCUT2D eigenvalue weighted by Gasteiger charge is 2.51. The van der Waals surface area contributed by atoms with E-state index < -0.39 is 17.8 Å². The number of aryl methyl sites for hydroxylation is 2. The van der Waals surface area contributed by atoms with Crippen LogP contribution in [-0.4, -0.2) is 158 Å². The number of halogens is 1. The van der Waals surface area contributed by atoms with Crippen molar-refractivity contribution in [1.29, 1.82) is 0 Å². The summed E-state index contributed by atoms with van der Waals surface area (Å²) in [4.78, 5) is 72.7. The Kier molecular flexibility index (Phi) is 15.8. The molecule has 86 heavy (non-hydrogen) atoms. The van der Waals surface area contributed by atoms with E-state index in [2.05, 4.69) is 54.5 Å². The largest absolute Gasteiger partial charge is 0.508 e. The second kappa shape index (κ2) is 23.7. The Bertz CT molecular complexity index is 3680. The van der Waals surface area contributed by atoms with Crippen molar-refractivity contribution in [3.8, 4) is 33.5 Å². The molecule has 0 saturated carbocycles. The van der Waals surface area contributed by atoms with Crippen LogP contribution < -0.4 is 25.2 Å². The number of anilines is 2. The van der Waals surface area contributed by atoms with Crippen LogP contribution in [0.3, 0.4) is 0 Å². The van der Waals surface area contributed by atoms with Gasteiger partial charge in [-0.25, -0.2) is 14.2 Å². The van der Waals surface area contributed by atoms with E-state index in [0.717, 1.165) is 109 Å². The van der Waals surface area contributed by atoms with Gasteiger partial charge in [0.05, 0.1) is 33.0 Å². The Labute approximate surface area is 504 Å². The van der Waals surface area contributed by atoms with Gasteiger partial charge in [0.1, 0.15) is 48.0 Å². The van der Waals surface area contributed by atoms with Crippen molar-refractivity contribution in [3.05, 3.63) is 101 Å². The maximum atomic E-state index is 17.4. The van der Waals surface area contributed by atoms with Crippen molar-refractivity contribution in [2.75, 3.05) is 68.8 Å². The zero-order valence-corrected chi connectivity index (χ0v) is 50.7. The molecule has 4 aromatic heterocycles. The molecule has 2 unspecified atom stereocenters. The lowest BCUT2D eigenvalue weighted by atomic mass is 9.91. The van der Waals surface area contributed by atoms with Gasteiger partial charge in [-0.3, -0.25) is 19.5 Å². The van der Waals surface area contributed by atoms with Crippen LogP contribution in [0.2, 0.25) is 0 Å². The third-order valence-corrected chi connectivity index (χ3v) is 20.3. The molecular formula is C65H77FN12O7S. The van der Waals surface area contributed by atoms with E-state index in [4.69, 9.17) is 28.9 Å². The lowest BCUT2D eigenvalue weighted by molar-refractivity contribution is -0.141. The molecule has 6 aliphatic heterocycles. The minimum absolute atomic E-state index is 0.0104. The number of aromatic nitrogens is 5. The van der Waals surface area contributed by atoms with E-state index in [9.17, 15) is 19.5 Å². The van der Waals surface area contributed by atoms with Crippen molar-refractivity contribution in [3.63, 3.8) is 0 Å². The van der Waals surface area contributed by atoms with Gasteiger partial charge in [0.15, 0.2) is 17.4 Å². The summed E-state index contributed by atoms with van der Waals surface area (Å²) >= 11 is 1.60. The third-order valence-electron chi connectivity index (χ3n) is 19.3. The minimum Gasteiger partial charge on any atom is -0.508 e. The van der Waals surface area contributed by atoms with Gasteiger partial charge in [0, 0.05) is 81.3 Å². The highest BCUT2D eigenvalue weighted by molar-refractivity contribution is 7.13. The highest BCUT2D eigenvalue weighted by Crippen LogP contribution is 2.44. The van der Waals surface area contributed by atoms with E-state index in [1.54, 1.807) is 39.5 Å². The predicted molar refractivity (Wildman–Crippen MR) is 328 cm³/mol. The standard InChI is InChI=1S/C65H77FN12O7S/c1-7-41-11-8-12-44-27-48(79)28-49(55(41)44)57-56(66)58-50(30-67-57)60(75-32-45-18-19-46(33-75)70-45)72-63(71-58)84-35-65-21-10-24-78(65)47(20-22-65)34-83-64(82)76-26-25-74(31-38(76)4)53-29-52(85-73-53)54(37(2)3)62(81)77-23-9-13-51(77)61(80)69-39(5)42-14-16-43(17-15-42)59-40(6)68-36-86-59/h8,11-12,14-17,27-30,36-39,45-47,51,54,70,79H,7,9-10,13,18-26,31-35H2,1-6H3,(H,69,80)/t38-,39-,45?,46?,47-,51-,54+,65-/m0/s1. The number of hydrogen-bond acceptors (Lipinski definition) is 17. The number of nitrogens with one attached hydrogen (secondary N) is 2. The number of carbonyl (C=O) groups is 3. The van der Waals surface area contributed by atoms with E-state index in [0.29, 0.717) is 79.6 Å². The van der Waals surface area contributed by atoms with E-state index in [-0.39, 0.29) is 77.1 Å². The summed E-state index contributed by atoms with van der Waals surface area (Å²) in [6, 6.07) is 18.8. The summed E-state index contributed by atoms with van der Waals surface area (Å²) in [7, 11) is 0. The van der Waals surface area contributed by atoms with E-state index >= 15 is 4.39 Å². The molecule has 13 rings (SSSR count). The Balaban J connectivity index is 0.639. The number of fused-ring (bicyclic) bond motifs is 5. The summed E-state index contributed by atoms with van der Waals surface area (Å²) in [6.07, 6.45) is 8.95. The molecule has 3 amide bonds. The number of rotatable bonds is 16. The van der Waals surface area contributed by atoms with Gasteiger partial charge < -0.3 is 49.3 Å². The molecule has 0 spiro atoms. The molecular weight excluding hydrogens is 1110 g/mol. The number of amides is 3. The van der Waals surface area contributed by atoms with Crippen molar-refractivity contribution >= 4 is 62.6 Å². The molecule has 21 heteroatoms. The van der Waals surface area contributed by atoms with Crippen LogP contribution in [0.15, 0.2) is 76.9 Å². The fourth-order valence-electron chi connectivity index (χ4n) is 14.8. The number of likely N-dealkylation sites (tertiary alicyclic amines) is 1. The molecule has 10 heterocycles. The van der Waals surface area contributed by atoms with Crippen LogP contribution >= 0.6 is 11.3 Å². The highest BCUT2D eigenvalue weighted by atomic mass is 32.1. The fraction of sp³-hybridized carbons (Fsp3) is 0.508. The van der Waals surface area contributed by atoms with Crippen molar-refractivity contribution in [2.45, 2.75) is 147 Å². The number of thiazole rings is 1. The number of aromatic hydroxyl groups is 1. The van der Waals surface area contributed by atoms with Crippen LogP contribution in [0.1, 0.15) is 121 Å². The van der Waals surface area contributed by atoms with E-state index in [1.807, 2.05) is 76.5 Å². The number of nitrogens with zero attached hydrogens (tertiary/aromatic N) is 10. The van der Waals surface area contributed by atoms with Gasteiger partial charge in [-0.2, -0.15) is 9.97 Å². The lowest BCUT2D eigenvalue weighted by Gasteiger charge is -2.39. The van der Waals surface area contributed by atoms with Gasteiger partial charge in [0.25, 0.3) is 0 Å². The smallest absolute Gasteiger partial charge is 0.410 e. The number of carbonyl (C=O) groups excluding carboxylic acids is 3. The molecule has 7 aromatic rings. The van der Waals surface area contributed by atoms with Crippen molar-refractivity contribution in [2.24, 2.45) is 5.92 Å². The third kappa shape index (κ3) is 10.9. The van der Waals surface area contributed by atoms with Crippen LogP contribution in [0.25, 0.3) is 43.4 Å². The first-order valence-corrected chi connectivity index (χ1v) is 31.8. The molecule has 0 radical (unpaired) electrons. The second-order valence-electron chi connectivity index (χ2n) is 25.1. The molecule has 2 bridgehead atoms. The Hall–Kier alpha value is -7.49. The Morgan fingerprint density at radius 2 is 1.73 bits per heavy atom. The zero-order chi connectivity index (χ0) is 59.5. The van der Waals surface area contributed by atoms with Crippen molar-refractivity contribution in [1.82, 2.24) is 50.4 Å². The monoisotopic (exact) mass is 1190 g/mol. The quantitative estimate of drug-likeness (QED) is 0.0823. The number of phenols is 1. The van der Waals surface area contributed by atoms with Crippen LogP contribution in [0.4, 0.5) is 20.8 Å². The molecule has 0 aliphatic carbocycles. The normalized spacial score (nSPS) is 23.8. The number of ether oxygens (including phenoxy) is 2. The first-order valence-electron chi connectivity index (χ1n) is 30.9. The predicted octanol–water partition coefficient (Wildman–Crippen LogP) is 9.94. The Morgan fingerprint density at radius 1 is 0.919 bits per heavy atom. The maximum Gasteiger partial charge on any atom is 0.410 e. The summed E-state index contributed by atoms with van der Waals surface area (Å²) in [5, 5.41) is 24.4. The molecule has 6 saturated heterocycles. The first-order chi connectivity index (χ1) is 41.6. The molecule has 6 aliphatic rings. The number of piperazine rings is 2. The maximum absolute atomic E-state index is 17.4.